The van der Waals surface area contributed by atoms with Gasteiger partial charge in [0.05, 0.1) is 31.8 Å². The molecule has 2 aliphatic rings. The molecule has 5 aromatic carbocycles. The highest BCUT2D eigenvalue weighted by Crippen LogP contribution is 2.59. The van der Waals surface area contributed by atoms with Gasteiger partial charge in [-0.1, -0.05) is 97.1 Å². The summed E-state index contributed by atoms with van der Waals surface area (Å²) in [7, 11) is 0. The lowest BCUT2D eigenvalue weighted by Crippen LogP contribution is -2.31. The van der Waals surface area contributed by atoms with Crippen molar-refractivity contribution in [2.75, 3.05) is 0 Å². The SMILES string of the molecule is Cc1cc(C2(c3cc(C)c(O)c(COCc4ccccc4)c3)C3=C(CCCC3)c3ccccc32)cc(COCc2ccccc2)c1O. The molecule has 0 bridgehead atoms. The van der Waals surface area contributed by atoms with Crippen LogP contribution in [0.5, 0.6) is 11.5 Å². The molecule has 0 spiro atoms. The molecule has 0 atom stereocenters. The van der Waals surface area contributed by atoms with E-state index < -0.39 is 5.41 Å². The molecule has 7 rings (SSSR count). The fourth-order valence-corrected chi connectivity index (χ4v) is 7.74. The number of fused-ring (bicyclic) bond motifs is 2. The largest absolute Gasteiger partial charge is 0.507 e. The predicted molar refractivity (Wildman–Crippen MR) is 187 cm³/mol. The number of aryl methyl sites for hydroxylation is 2. The molecular weight excluding hydrogens is 580 g/mol. The second-order valence-electron chi connectivity index (χ2n) is 13.0. The minimum Gasteiger partial charge on any atom is -0.507 e. The van der Waals surface area contributed by atoms with Gasteiger partial charge in [-0.15, -0.1) is 0 Å². The summed E-state index contributed by atoms with van der Waals surface area (Å²) in [6.07, 6.45) is 4.33. The van der Waals surface area contributed by atoms with Crippen molar-refractivity contribution in [1.29, 1.82) is 0 Å². The third kappa shape index (κ3) is 5.77. The van der Waals surface area contributed by atoms with Crippen molar-refractivity contribution in [3.05, 3.63) is 170 Å². The molecule has 2 aliphatic carbocycles. The Morgan fingerprint density at radius 3 is 1.62 bits per heavy atom. The van der Waals surface area contributed by atoms with Crippen LogP contribution in [0.2, 0.25) is 0 Å². The molecule has 0 radical (unpaired) electrons. The average molecular weight is 623 g/mol. The van der Waals surface area contributed by atoms with Crippen LogP contribution >= 0.6 is 0 Å². The lowest BCUT2D eigenvalue weighted by molar-refractivity contribution is 0.105. The molecule has 0 unspecified atom stereocenters. The zero-order valence-electron chi connectivity index (χ0n) is 27.3. The third-order valence-corrected chi connectivity index (χ3v) is 9.94. The molecule has 0 saturated heterocycles. The Balaban J connectivity index is 1.36. The second-order valence-corrected chi connectivity index (χ2v) is 13.0. The van der Waals surface area contributed by atoms with Gasteiger partial charge >= 0.3 is 0 Å². The van der Waals surface area contributed by atoms with Crippen LogP contribution in [-0.4, -0.2) is 10.2 Å². The number of phenols is 2. The van der Waals surface area contributed by atoms with Gasteiger partial charge in [-0.2, -0.15) is 0 Å². The van der Waals surface area contributed by atoms with Gasteiger partial charge in [-0.25, -0.2) is 0 Å². The Kier molecular flexibility index (Phi) is 8.72. The Labute approximate surface area is 278 Å². The highest BCUT2D eigenvalue weighted by molar-refractivity contribution is 5.86. The van der Waals surface area contributed by atoms with Gasteiger partial charge in [0.25, 0.3) is 0 Å². The first kappa shape index (κ1) is 31.0. The molecule has 4 nitrogen and oxygen atoms in total. The molecule has 0 aliphatic heterocycles. The van der Waals surface area contributed by atoms with Crippen molar-refractivity contribution in [2.24, 2.45) is 0 Å². The van der Waals surface area contributed by atoms with E-state index in [0.717, 1.165) is 63.8 Å². The van der Waals surface area contributed by atoms with E-state index in [9.17, 15) is 10.2 Å². The summed E-state index contributed by atoms with van der Waals surface area (Å²) >= 11 is 0. The van der Waals surface area contributed by atoms with Gasteiger partial charge in [0, 0.05) is 11.1 Å². The molecule has 0 saturated carbocycles. The third-order valence-electron chi connectivity index (χ3n) is 9.94. The molecule has 47 heavy (non-hydrogen) atoms. The second kappa shape index (κ2) is 13.2. The van der Waals surface area contributed by atoms with Crippen LogP contribution in [0.25, 0.3) is 5.57 Å². The van der Waals surface area contributed by atoms with Crippen molar-refractivity contribution in [2.45, 2.75) is 71.4 Å². The van der Waals surface area contributed by atoms with Crippen LogP contribution < -0.4 is 0 Å². The first-order valence-corrected chi connectivity index (χ1v) is 16.7. The minimum atomic E-state index is -0.578. The number of phenolic OH excluding ortho intramolecular Hbond substituents is 2. The highest BCUT2D eigenvalue weighted by Gasteiger charge is 2.48. The predicted octanol–water partition coefficient (Wildman–Crippen LogP) is 9.82. The van der Waals surface area contributed by atoms with Crippen LogP contribution in [0.15, 0.2) is 115 Å². The molecule has 0 heterocycles. The Morgan fingerprint density at radius 2 is 1.06 bits per heavy atom. The van der Waals surface area contributed by atoms with Crippen molar-refractivity contribution in [3.8, 4) is 11.5 Å². The summed E-state index contributed by atoms with van der Waals surface area (Å²) in [6.45, 7) is 5.50. The fraction of sp³-hybridized carbons (Fsp3) is 0.256. The zero-order valence-corrected chi connectivity index (χ0v) is 27.3. The maximum atomic E-state index is 11.3. The number of benzene rings is 5. The van der Waals surface area contributed by atoms with Crippen LogP contribution in [0.4, 0.5) is 0 Å². The van der Waals surface area contributed by atoms with Crippen LogP contribution in [0.3, 0.4) is 0 Å². The molecule has 0 fully saturated rings. The van der Waals surface area contributed by atoms with E-state index in [0.29, 0.717) is 26.4 Å². The fourth-order valence-electron chi connectivity index (χ4n) is 7.74. The van der Waals surface area contributed by atoms with Crippen molar-refractivity contribution in [3.63, 3.8) is 0 Å². The number of hydrogen-bond acceptors (Lipinski definition) is 4. The molecule has 238 valence electrons. The maximum absolute atomic E-state index is 11.3. The van der Waals surface area contributed by atoms with Crippen LogP contribution in [0.1, 0.15) is 81.3 Å². The monoisotopic (exact) mass is 622 g/mol. The van der Waals surface area contributed by atoms with Gasteiger partial charge in [0.15, 0.2) is 0 Å². The summed E-state index contributed by atoms with van der Waals surface area (Å²) in [5.74, 6) is 0.552. The molecule has 5 aromatic rings. The van der Waals surface area contributed by atoms with Crippen molar-refractivity contribution < 1.29 is 19.7 Å². The zero-order chi connectivity index (χ0) is 32.4. The van der Waals surface area contributed by atoms with Gasteiger partial charge in [0.1, 0.15) is 11.5 Å². The Bertz CT molecular complexity index is 1820. The number of rotatable bonds is 10. The molecule has 2 N–H and O–H groups in total. The van der Waals surface area contributed by atoms with E-state index in [4.69, 9.17) is 9.47 Å². The van der Waals surface area contributed by atoms with Gasteiger partial charge in [0.2, 0.25) is 0 Å². The van der Waals surface area contributed by atoms with E-state index in [1.807, 2.05) is 50.2 Å². The molecule has 0 amide bonds. The van der Waals surface area contributed by atoms with E-state index in [2.05, 4.69) is 72.8 Å². The first-order chi connectivity index (χ1) is 23.0. The summed E-state index contributed by atoms with van der Waals surface area (Å²) in [5.41, 5.74) is 12.5. The van der Waals surface area contributed by atoms with Crippen LogP contribution in [-0.2, 0) is 41.3 Å². The van der Waals surface area contributed by atoms with Crippen molar-refractivity contribution in [1.82, 2.24) is 0 Å². The number of hydrogen-bond donors (Lipinski definition) is 2. The van der Waals surface area contributed by atoms with Crippen LogP contribution in [0, 0.1) is 13.8 Å². The van der Waals surface area contributed by atoms with Gasteiger partial charge in [-0.05, 0) is 107 Å². The topological polar surface area (TPSA) is 58.9 Å². The lowest BCUT2D eigenvalue weighted by Gasteiger charge is -2.38. The van der Waals surface area contributed by atoms with E-state index in [1.54, 1.807) is 0 Å². The summed E-state index contributed by atoms with van der Waals surface area (Å²) in [5, 5.41) is 22.6. The number of allylic oxidation sites excluding steroid dienone is 2. The average Bonchev–Trinajstić information content (AvgIpc) is 3.40. The van der Waals surface area contributed by atoms with E-state index in [-0.39, 0.29) is 11.5 Å². The first-order valence-electron chi connectivity index (χ1n) is 16.7. The molecule has 0 aromatic heterocycles. The summed E-state index contributed by atoms with van der Waals surface area (Å²) < 4.78 is 12.4. The van der Waals surface area contributed by atoms with E-state index in [1.165, 1.54) is 28.7 Å². The number of ether oxygens (including phenoxy) is 2. The summed E-state index contributed by atoms with van der Waals surface area (Å²) in [4.78, 5) is 0. The quantitative estimate of drug-likeness (QED) is 0.163. The van der Waals surface area contributed by atoms with Crippen molar-refractivity contribution >= 4 is 5.57 Å². The smallest absolute Gasteiger partial charge is 0.124 e. The van der Waals surface area contributed by atoms with Gasteiger partial charge < -0.3 is 19.7 Å². The molecule has 4 heteroatoms. The normalized spacial score (nSPS) is 15.0. The Hall–Kier alpha value is -4.64. The standard InChI is InChI=1S/C43H42O4/c1-29-21-35(23-33(41(29)44)27-46-25-31-13-5-3-6-14-31)43(39-19-11-9-17-37(39)38-18-10-12-20-40(38)43)36-22-30(2)42(45)34(24-36)28-47-26-32-15-7-4-8-16-32/h3-9,11,13-17,19,21-24,44-45H,10,12,18,20,25-28H2,1-2H3. The highest BCUT2D eigenvalue weighted by atomic mass is 16.5. The number of aromatic hydroxyl groups is 2. The van der Waals surface area contributed by atoms with E-state index >= 15 is 0 Å². The minimum absolute atomic E-state index is 0.276. The molecular formula is C43H42O4. The summed E-state index contributed by atoms with van der Waals surface area (Å²) in [6, 6.07) is 37.7. The van der Waals surface area contributed by atoms with Gasteiger partial charge in [-0.3, -0.25) is 0 Å². The lowest BCUT2D eigenvalue weighted by atomic mass is 9.64. The Morgan fingerprint density at radius 1 is 0.574 bits per heavy atom. The maximum Gasteiger partial charge on any atom is 0.124 e.